The first-order valence-corrected chi connectivity index (χ1v) is 2.97. The first-order valence-electron chi connectivity index (χ1n) is 2.59. The van der Waals surface area contributed by atoms with Crippen molar-refractivity contribution in [1.29, 1.82) is 0 Å². The summed E-state index contributed by atoms with van der Waals surface area (Å²) in [5.74, 6) is -0.284. The lowest BCUT2D eigenvalue weighted by Crippen LogP contribution is -1.99. The molecule has 0 rings (SSSR count). The Kier molecular flexibility index (Phi) is 4.14. The van der Waals surface area contributed by atoms with Crippen LogP contribution < -0.4 is 0 Å². The Hall–Kier alpha value is -0.500. The fourth-order valence-electron chi connectivity index (χ4n) is 0.306. The largest absolute Gasteiger partial charge is 0.465 e. The molecule has 0 aliphatic heterocycles. The third-order valence-electron chi connectivity index (χ3n) is 0.679. The summed E-state index contributed by atoms with van der Waals surface area (Å²) in [6.07, 6.45) is 0.529. The van der Waals surface area contributed by atoms with Gasteiger partial charge in [0, 0.05) is 18.4 Å². The van der Waals surface area contributed by atoms with Crippen LogP contribution in [-0.4, -0.2) is 12.6 Å². The van der Waals surface area contributed by atoms with Gasteiger partial charge in [0.1, 0.15) is 0 Å². The highest BCUT2D eigenvalue weighted by Crippen LogP contribution is 2.01. The van der Waals surface area contributed by atoms with Crippen LogP contribution in [0.1, 0.15) is 13.3 Å². The second-order valence-corrected chi connectivity index (χ2v) is 2.14. The first-order chi connectivity index (χ1) is 4.13. The van der Waals surface area contributed by atoms with Crippen molar-refractivity contribution < 1.29 is 9.53 Å². The number of rotatable bonds is 3. The lowest BCUT2D eigenvalue weighted by Gasteiger charge is -1.97. The normalized spacial score (nSPS) is 8.67. The van der Waals surface area contributed by atoms with E-state index in [-0.39, 0.29) is 5.97 Å². The third-order valence-corrected chi connectivity index (χ3v) is 0.868. The lowest BCUT2D eigenvalue weighted by molar-refractivity contribution is -0.140. The molecule has 0 unspecified atom stereocenters. The predicted octanol–water partition coefficient (Wildman–Crippen LogP) is 1.69. The second-order valence-electron chi connectivity index (χ2n) is 1.61. The number of hydrogen-bond acceptors (Lipinski definition) is 2. The average Bonchev–Trinajstić information content (AvgIpc) is 1.63. The van der Waals surface area contributed by atoms with E-state index < -0.39 is 0 Å². The molecule has 9 heavy (non-hydrogen) atoms. The summed E-state index contributed by atoms with van der Waals surface area (Å²) in [5, 5.41) is 0.510. The van der Waals surface area contributed by atoms with E-state index in [1.165, 1.54) is 6.92 Å². The molecule has 0 N–H and O–H groups in total. The van der Waals surface area contributed by atoms with Gasteiger partial charge >= 0.3 is 5.97 Å². The summed E-state index contributed by atoms with van der Waals surface area (Å²) >= 11 is 5.38. The van der Waals surface area contributed by atoms with E-state index in [0.717, 1.165) is 0 Å². The van der Waals surface area contributed by atoms with Crippen molar-refractivity contribution in [2.75, 3.05) is 6.61 Å². The summed E-state index contributed by atoms with van der Waals surface area (Å²) in [6, 6.07) is 0. The van der Waals surface area contributed by atoms with Crippen LogP contribution in [-0.2, 0) is 9.53 Å². The maximum atomic E-state index is 10.1. The van der Waals surface area contributed by atoms with Crippen molar-refractivity contribution in [3.8, 4) is 0 Å². The quantitative estimate of drug-likeness (QED) is 0.570. The molecule has 0 radical (unpaired) electrons. The highest BCUT2D eigenvalue weighted by molar-refractivity contribution is 6.29. The van der Waals surface area contributed by atoms with Crippen LogP contribution in [0.5, 0.6) is 0 Å². The van der Waals surface area contributed by atoms with Gasteiger partial charge in [-0.3, -0.25) is 4.79 Å². The van der Waals surface area contributed by atoms with Crippen LogP contribution >= 0.6 is 11.6 Å². The fraction of sp³-hybridized carbons (Fsp3) is 0.500. The lowest BCUT2D eigenvalue weighted by atomic mass is 10.4. The molecular weight excluding hydrogens is 140 g/mol. The van der Waals surface area contributed by atoms with Crippen molar-refractivity contribution in [2.24, 2.45) is 0 Å². The zero-order valence-corrected chi connectivity index (χ0v) is 6.07. The molecule has 2 nitrogen and oxygen atoms in total. The number of halogens is 1. The average molecular weight is 149 g/mol. The molecule has 0 spiro atoms. The van der Waals surface area contributed by atoms with Gasteiger partial charge in [0.2, 0.25) is 0 Å². The number of ether oxygens (including phenoxy) is 1. The Labute approximate surface area is 59.5 Å². The molecule has 0 bridgehead atoms. The van der Waals surface area contributed by atoms with Crippen LogP contribution in [0.4, 0.5) is 0 Å². The topological polar surface area (TPSA) is 26.3 Å². The minimum atomic E-state index is -0.284. The Morgan fingerprint density at radius 1 is 1.78 bits per heavy atom. The smallest absolute Gasteiger partial charge is 0.302 e. The molecule has 0 heterocycles. The predicted molar refractivity (Wildman–Crippen MR) is 36.2 cm³/mol. The van der Waals surface area contributed by atoms with Crippen LogP contribution in [0.25, 0.3) is 0 Å². The van der Waals surface area contributed by atoms with Crippen LogP contribution in [0, 0.1) is 0 Å². The maximum absolute atomic E-state index is 10.1. The molecule has 0 aromatic rings. The van der Waals surface area contributed by atoms with Gasteiger partial charge in [-0.2, -0.15) is 0 Å². The molecule has 0 atom stereocenters. The van der Waals surface area contributed by atoms with Gasteiger partial charge in [0.15, 0.2) is 0 Å². The zero-order valence-electron chi connectivity index (χ0n) is 5.32. The maximum Gasteiger partial charge on any atom is 0.302 e. The number of carbonyl (C=O) groups is 1. The number of hydrogen-bond donors (Lipinski definition) is 0. The van der Waals surface area contributed by atoms with E-state index in [0.29, 0.717) is 18.1 Å². The van der Waals surface area contributed by atoms with Gasteiger partial charge in [-0.25, -0.2) is 0 Å². The minimum absolute atomic E-state index is 0.284. The van der Waals surface area contributed by atoms with Crippen molar-refractivity contribution in [3.63, 3.8) is 0 Å². The Morgan fingerprint density at radius 3 is 2.67 bits per heavy atom. The van der Waals surface area contributed by atoms with Crippen molar-refractivity contribution in [2.45, 2.75) is 13.3 Å². The molecule has 0 aromatic carbocycles. The van der Waals surface area contributed by atoms with Crippen LogP contribution in [0.15, 0.2) is 11.6 Å². The highest BCUT2D eigenvalue weighted by atomic mass is 35.5. The summed E-state index contributed by atoms with van der Waals surface area (Å²) in [7, 11) is 0. The number of carbonyl (C=O) groups excluding carboxylic acids is 1. The monoisotopic (exact) mass is 148 g/mol. The van der Waals surface area contributed by atoms with E-state index in [4.69, 9.17) is 11.6 Å². The van der Waals surface area contributed by atoms with Gasteiger partial charge < -0.3 is 4.74 Å². The molecular formula is C6H9ClO2. The summed E-state index contributed by atoms with van der Waals surface area (Å²) in [4.78, 5) is 10.1. The van der Waals surface area contributed by atoms with Crippen molar-refractivity contribution in [1.82, 2.24) is 0 Å². The Morgan fingerprint density at radius 2 is 2.33 bits per heavy atom. The van der Waals surface area contributed by atoms with Gasteiger partial charge in [-0.15, -0.1) is 0 Å². The second kappa shape index (κ2) is 4.39. The highest BCUT2D eigenvalue weighted by Gasteiger charge is 1.92. The van der Waals surface area contributed by atoms with E-state index >= 15 is 0 Å². The minimum Gasteiger partial charge on any atom is -0.465 e. The summed E-state index contributed by atoms with van der Waals surface area (Å²) < 4.78 is 4.57. The van der Waals surface area contributed by atoms with E-state index in [1.54, 1.807) is 0 Å². The molecule has 0 amide bonds. The van der Waals surface area contributed by atoms with Gasteiger partial charge in [-0.05, 0) is 0 Å². The molecule has 0 saturated heterocycles. The first kappa shape index (κ1) is 8.50. The molecule has 0 fully saturated rings. The third kappa shape index (κ3) is 7.50. The summed E-state index contributed by atoms with van der Waals surface area (Å²) in [6.45, 7) is 5.12. The summed E-state index contributed by atoms with van der Waals surface area (Å²) in [5.41, 5.74) is 0. The molecule has 0 aromatic heterocycles. The van der Waals surface area contributed by atoms with Gasteiger partial charge in [0.05, 0.1) is 6.61 Å². The Balaban J connectivity index is 3.10. The molecule has 0 aliphatic carbocycles. The number of esters is 1. The SMILES string of the molecule is C=C(Cl)CCOC(C)=O. The Bertz CT molecular complexity index is 106. The fourth-order valence-corrected chi connectivity index (χ4v) is 0.383. The van der Waals surface area contributed by atoms with Crippen LogP contribution in [0.2, 0.25) is 0 Å². The van der Waals surface area contributed by atoms with E-state index in [1.807, 2.05) is 0 Å². The van der Waals surface area contributed by atoms with E-state index in [2.05, 4.69) is 11.3 Å². The van der Waals surface area contributed by atoms with Gasteiger partial charge in [0.25, 0.3) is 0 Å². The van der Waals surface area contributed by atoms with E-state index in [9.17, 15) is 4.79 Å². The molecule has 0 aliphatic rings. The molecule has 3 heteroatoms. The standard InChI is InChI=1S/C6H9ClO2/c1-5(7)3-4-9-6(2)8/h1,3-4H2,2H3. The van der Waals surface area contributed by atoms with Gasteiger partial charge in [-0.1, -0.05) is 18.2 Å². The van der Waals surface area contributed by atoms with Crippen molar-refractivity contribution >= 4 is 17.6 Å². The van der Waals surface area contributed by atoms with Crippen LogP contribution in [0.3, 0.4) is 0 Å². The molecule has 0 saturated carbocycles. The zero-order chi connectivity index (χ0) is 7.28. The van der Waals surface area contributed by atoms with Crippen molar-refractivity contribution in [3.05, 3.63) is 11.6 Å². The molecule has 52 valence electrons.